The third kappa shape index (κ3) is 5.97. The summed E-state index contributed by atoms with van der Waals surface area (Å²) in [6.45, 7) is -0.174. The third-order valence-electron chi connectivity index (χ3n) is 5.67. The predicted molar refractivity (Wildman–Crippen MR) is 150 cm³/mol. The molecule has 1 aromatic heterocycles. The van der Waals surface area contributed by atoms with Crippen LogP contribution in [-0.2, 0) is 4.79 Å². The van der Waals surface area contributed by atoms with Crippen LogP contribution in [0.3, 0.4) is 0 Å². The van der Waals surface area contributed by atoms with Gasteiger partial charge in [0.25, 0.3) is 5.91 Å². The molecule has 0 saturated carbocycles. The van der Waals surface area contributed by atoms with Gasteiger partial charge in [-0.1, -0.05) is 71.7 Å². The summed E-state index contributed by atoms with van der Waals surface area (Å²) in [5.74, 6) is 0.180. The number of benzene rings is 4. The molecule has 0 aliphatic rings. The fourth-order valence-electron chi connectivity index (χ4n) is 3.86. The molecule has 0 saturated heterocycles. The molecule has 7 heteroatoms. The molecule has 37 heavy (non-hydrogen) atoms. The summed E-state index contributed by atoms with van der Waals surface area (Å²) in [5, 5.41) is 6.14. The van der Waals surface area contributed by atoms with Gasteiger partial charge in [0.05, 0.1) is 17.4 Å². The summed E-state index contributed by atoms with van der Waals surface area (Å²) in [6, 6.07) is 32.6. The van der Waals surface area contributed by atoms with Crippen LogP contribution in [0, 0.1) is 0 Å². The number of pyridine rings is 1. The van der Waals surface area contributed by atoms with E-state index >= 15 is 0 Å². The minimum atomic E-state index is -0.380. The van der Waals surface area contributed by atoms with Crippen LogP contribution in [0.4, 0.5) is 0 Å². The van der Waals surface area contributed by atoms with Gasteiger partial charge in [0.1, 0.15) is 5.75 Å². The maximum atomic E-state index is 12.1. The zero-order valence-electron chi connectivity index (χ0n) is 19.6. The molecule has 0 aliphatic carbocycles. The third-order valence-corrected chi connectivity index (χ3v) is 6.25. The fourth-order valence-corrected chi connectivity index (χ4v) is 4.22. The highest BCUT2D eigenvalue weighted by molar-refractivity contribution is 6.33. The Morgan fingerprint density at radius 3 is 2.41 bits per heavy atom. The Kier molecular flexibility index (Phi) is 7.45. The minimum absolute atomic E-state index is 0.174. The minimum Gasteiger partial charge on any atom is -0.484 e. The lowest BCUT2D eigenvalue weighted by Crippen LogP contribution is -2.24. The van der Waals surface area contributed by atoms with Crippen LogP contribution in [0.2, 0.25) is 10.0 Å². The molecule has 5 rings (SSSR count). The van der Waals surface area contributed by atoms with E-state index in [2.05, 4.69) is 28.7 Å². The summed E-state index contributed by atoms with van der Waals surface area (Å²) >= 11 is 12.4. The van der Waals surface area contributed by atoms with E-state index in [1.807, 2.05) is 72.8 Å². The number of hydrogen-bond acceptors (Lipinski definition) is 4. The van der Waals surface area contributed by atoms with Crippen LogP contribution in [0.25, 0.3) is 33.3 Å². The van der Waals surface area contributed by atoms with Crippen LogP contribution < -0.4 is 10.2 Å². The van der Waals surface area contributed by atoms with Crippen molar-refractivity contribution in [1.29, 1.82) is 0 Å². The van der Waals surface area contributed by atoms with Crippen LogP contribution >= 0.6 is 23.2 Å². The number of aromatic nitrogens is 1. The van der Waals surface area contributed by atoms with Crippen LogP contribution in [0.15, 0.2) is 108 Å². The molecule has 182 valence electrons. The SMILES string of the molecule is O=C(COc1ccc(-c2cc(-c3ccccc3)c3cc(Cl)ccc3n2)cc1)N/N=C/c1ccccc1Cl. The highest BCUT2D eigenvalue weighted by Gasteiger charge is 2.11. The van der Waals surface area contributed by atoms with Gasteiger partial charge in [-0.15, -0.1) is 0 Å². The van der Waals surface area contributed by atoms with Gasteiger partial charge in [0, 0.05) is 26.6 Å². The second kappa shape index (κ2) is 11.2. The highest BCUT2D eigenvalue weighted by atomic mass is 35.5. The molecule has 5 aromatic rings. The van der Waals surface area contributed by atoms with E-state index in [4.69, 9.17) is 32.9 Å². The van der Waals surface area contributed by atoms with Gasteiger partial charge in [-0.3, -0.25) is 4.79 Å². The molecule has 1 N–H and O–H groups in total. The van der Waals surface area contributed by atoms with E-state index in [0.29, 0.717) is 21.4 Å². The molecule has 0 radical (unpaired) electrons. The number of hydrazone groups is 1. The van der Waals surface area contributed by atoms with Crippen molar-refractivity contribution in [3.05, 3.63) is 119 Å². The summed E-state index contributed by atoms with van der Waals surface area (Å²) in [6.07, 6.45) is 1.49. The van der Waals surface area contributed by atoms with Crippen LogP contribution in [0.5, 0.6) is 5.75 Å². The Hall–Kier alpha value is -4.19. The van der Waals surface area contributed by atoms with Gasteiger partial charge in [-0.25, -0.2) is 10.4 Å². The Labute approximate surface area is 224 Å². The lowest BCUT2D eigenvalue weighted by atomic mass is 9.98. The number of hydrogen-bond donors (Lipinski definition) is 1. The number of nitrogens with zero attached hydrogens (tertiary/aromatic N) is 2. The van der Waals surface area contributed by atoms with Crippen molar-refractivity contribution in [2.45, 2.75) is 0 Å². The first-order chi connectivity index (χ1) is 18.1. The van der Waals surface area contributed by atoms with E-state index in [-0.39, 0.29) is 12.5 Å². The van der Waals surface area contributed by atoms with Gasteiger partial charge in [0.15, 0.2) is 6.61 Å². The number of carbonyl (C=O) groups is 1. The maximum Gasteiger partial charge on any atom is 0.277 e. The van der Waals surface area contributed by atoms with Crippen molar-refractivity contribution in [3.8, 4) is 28.1 Å². The zero-order valence-corrected chi connectivity index (χ0v) is 21.1. The summed E-state index contributed by atoms with van der Waals surface area (Å²) < 4.78 is 5.61. The quantitative estimate of drug-likeness (QED) is 0.178. The molecule has 1 amide bonds. The van der Waals surface area contributed by atoms with E-state index in [1.165, 1.54) is 6.21 Å². The Morgan fingerprint density at radius 1 is 0.865 bits per heavy atom. The lowest BCUT2D eigenvalue weighted by Gasteiger charge is -2.11. The standard InChI is InChI=1S/C30H21Cl2N3O2/c31-23-12-15-28-26(16-23)25(20-6-2-1-3-7-20)17-29(34-28)21-10-13-24(14-11-21)37-19-30(36)35-33-18-22-8-4-5-9-27(22)32/h1-18H,19H2,(H,35,36)/b33-18+. The number of halogens is 2. The Balaban J connectivity index is 1.29. The highest BCUT2D eigenvalue weighted by Crippen LogP contribution is 2.33. The lowest BCUT2D eigenvalue weighted by molar-refractivity contribution is -0.123. The van der Waals surface area contributed by atoms with Gasteiger partial charge < -0.3 is 4.74 Å². The average Bonchev–Trinajstić information content (AvgIpc) is 2.93. The van der Waals surface area contributed by atoms with Gasteiger partial charge >= 0.3 is 0 Å². The first-order valence-corrected chi connectivity index (χ1v) is 12.3. The fraction of sp³-hybridized carbons (Fsp3) is 0.0333. The van der Waals surface area contributed by atoms with Crippen molar-refractivity contribution in [2.75, 3.05) is 6.61 Å². The second-order valence-corrected chi connectivity index (χ2v) is 9.05. The van der Waals surface area contributed by atoms with Crippen molar-refractivity contribution in [1.82, 2.24) is 10.4 Å². The zero-order chi connectivity index (χ0) is 25.6. The predicted octanol–water partition coefficient (Wildman–Crippen LogP) is 7.40. The molecule has 1 heterocycles. The van der Waals surface area contributed by atoms with Crippen molar-refractivity contribution in [3.63, 3.8) is 0 Å². The van der Waals surface area contributed by atoms with Crippen molar-refractivity contribution < 1.29 is 9.53 Å². The van der Waals surface area contributed by atoms with E-state index in [9.17, 15) is 4.79 Å². The van der Waals surface area contributed by atoms with Crippen molar-refractivity contribution in [2.24, 2.45) is 5.10 Å². The number of ether oxygens (including phenoxy) is 1. The number of amides is 1. The molecule has 0 fully saturated rings. The molecular weight excluding hydrogens is 505 g/mol. The number of rotatable bonds is 7. The smallest absolute Gasteiger partial charge is 0.277 e. The maximum absolute atomic E-state index is 12.1. The largest absolute Gasteiger partial charge is 0.484 e. The molecule has 0 spiro atoms. The summed E-state index contributed by atoms with van der Waals surface area (Å²) in [5.41, 5.74) is 7.89. The molecule has 0 atom stereocenters. The molecule has 5 nitrogen and oxygen atoms in total. The first-order valence-electron chi connectivity index (χ1n) is 11.5. The van der Waals surface area contributed by atoms with Gasteiger partial charge in [-0.05, 0) is 65.7 Å². The normalized spacial score (nSPS) is 11.1. The molecule has 0 unspecified atom stereocenters. The molecule has 0 aliphatic heterocycles. The second-order valence-electron chi connectivity index (χ2n) is 8.21. The van der Waals surface area contributed by atoms with Crippen molar-refractivity contribution >= 4 is 46.2 Å². The topological polar surface area (TPSA) is 63.6 Å². The molecule has 4 aromatic carbocycles. The van der Waals surface area contributed by atoms with Crippen LogP contribution in [0.1, 0.15) is 5.56 Å². The summed E-state index contributed by atoms with van der Waals surface area (Å²) in [7, 11) is 0. The average molecular weight is 526 g/mol. The van der Waals surface area contributed by atoms with Gasteiger partial charge in [0.2, 0.25) is 0 Å². The Bertz CT molecular complexity index is 1590. The molecule has 0 bridgehead atoms. The number of fused-ring (bicyclic) bond motifs is 1. The molecular formula is C30H21Cl2N3O2. The van der Waals surface area contributed by atoms with Gasteiger partial charge in [-0.2, -0.15) is 5.10 Å². The number of nitrogens with one attached hydrogen (secondary N) is 1. The van der Waals surface area contributed by atoms with E-state index in [1.54, 1.807) is 12.1 Å². The van der Waals surface area contributed by atoms with E-state index in [0.717, 1.165) is 33.3 Å². The monoisotopic (exact) mass is 525 g/mol. The summed E-state index contributed by atoms with van der Waals surface area (Å²) in [4.78, 5) is 17.0. The Morgan fingerprint density at radius 2 is 1.62 bits per heavy atom. The number of carbonyl (C=O) groups excluding carboxylic acids is 1. The van der Waals surface area contributed by atoms with Crippen LogP contribution in [-0.4, -0.2) is 23.7 Å². The first kappa shape index (κ1) is 24.5. The van der Waals surface area contributed by atoms with E-state index < -0.39 is 0 Å².